The molecule has 2 heterocycles. The summed E-state index contributed by atoms with van der Waals surface area (Å²) in [5.41, 5.74) is 6.81. The first-order valence-corrected chi connectivity index (χ1v) is 9.07. The van der Waals surface area contributed by atoms with Crippen LogP contribution in [0.3, 0.4) is 0 Å². The van der Waals surface area contributed by atoms with E-state index >= 15 is 0 Å². The summed E-state index contributed by atoms with van der Waals surface area (Å²) in [5.74, 6) is 0. The number of rotatable bonds is 2. The van der Waals surface area contributed by atoms with Crippen molar-refractivity contribution in [2.45, 2.75) is 31.2 Å². The molecular weight excluding hydrogens is 443 g/mol. The monoisotopic (exact) mass is 458 g/mol. The predicted molar refractivity (Wildman–Crippen MR) is 94.0 cm³/mol. The maximum absolute atomic E-state index is 13.9. The molecule has 1 aromatic carbocycles. The summed E-state index contributed by atoms with van der Waals surface area (Å²) in [6.45, 7) is 0.799. The number of hydrogen-bond acceptors (Lipinski definition) is 3. The largest absolute Gasteiger partial charge is 0.393 e. The molecule has 0 amide bonds. The molecule has 1 aromatic heterocycles. The molecule has 0 bridgehead atoms. The summed E-state index contributed by atoms with van der Waals surface area (Å²) < 4.78 is 53.7. The molecule has 2 aromatic rings. The Morgan fingerprint density at radius 1 is 1.35 bits per heavy atom. The van der Waals surface area contributed by atoms with Crippen LogP contribution in [0.5, 0.6) is 0 Å². The van der Waals surface area contributed by atoms with Gasteiger partial charge >= 0.3 is 6.18 Å². The van der Waals surface area contributed by atoms with Gasteiger partial charge in [-0.2, -0.15) is 13.2 Å². The lowest BCUT2D eigenvalue weighted by Gasteiger charge is -2.34. The van der Waals surface area contributed by atoms with Gasteiger partial charge in [0.25, 0.3) is 0 Å². The zero-order chi connectivity index (χ0) is 16.8. The number of fused-ring (bicyclic) bond motifs is 1. The third kappa shape index (κ3) is 3.58. The molecular formula is C15H15F4IN2S. The SMILES string of the molecule is NC1CCN(c2cccc3c(CC(F)(F)F)c(I)sc23)CC1F. The number of anilines is 1. The van der Waals surface area contributed by atoms with Crippen LogP contribution in [0.15, 0.2) is 18.2 Å². The second-order valence-corrected chi connectivity index (χ2v) is 8.55. The Kier molecular flexibility index (Phi) is 4.76. The quantitative estimate of drug-likeness (QED) is 0.531. The van der Waals surface area contributed by atoms with E-state index in [9.17, 15) is 17.6 Å². The van der Waals surface area contributed by atoms with Crippen LogP contribution < -0.4 is 10.6 Å². The standard InChI is InChI=1S/C15H15F4IN2S/c16-10-7-22(5-4-11(10)21)12-3-1-2-8-9(6-15(17,18)19)14(20)23-13(8)12/h1-3,10-11H,4-7,21H2. The molecule has 1 fully saturated rings. The first-order valence-electron chi connectivity index (χ1n) is 7.17. The fourth-order valence-corrected chi connectivity index (χ4v) is 5.11. The molecule has 3 rings (SSSR count). The topological polar surface area (TPSA) is 29.3 Å². The van der Waals surface area contributed by atoms with Crippen molar-refractivity contribution < 1.29 is 17.6 Å². The molecule has 2 nitrogen and oxygen atoms in total. The average Bonchev–Trinajstić information content (AvgIpc) is 2.77. The molecule has 0 aliphatic carbocycles. The van der Waals surface area contributed by atoms with Gasteiger partial charge in [-0.3, -0.25) is 0 Å². The predicted octanol–water partition coefficient (Wildman–Crippen LogP) is 4.49. The van der Waals surface area contributed by atoms with Crippen molar-refractivity contribution in [1.29, 1.82) is 0 Å². The number of nitrogens with two attached hydrogens (primary N) is 1. The summed E-state index contributed by atoms with van der Waals surface area (Å²) >= 11 is 3.29. The number of hydrogen-bond donors (Lipinski definition) is 1. The van der Waals surface area contributed by atoms with Crippen molar-refractivity contribution in [2.24, 2.45) is 5.73 Å². The fourth-order valence-electron chi connectivity index (χ4n) is 2.88. The van der Waals surface area contributed by atoms with Crippen LogP contribution in [-0.2, 0) is 6.42 Å². The highest BCUT2D eigenvalue weighted by Crippen LogP contribution is 2.41. The van der Waals surface area contributed by atoms with E-state index in [0.29, 0.717) is 26.8 Å². The zero-order valence-electron chi connectivity index (χ0n) is 12.0. The Hall–Kier alpha value is -0.610. The van der Waals surface area contributed by atoms with Gasteiger partial charge in [-0.1, -0.05) is 12.1 Å². The lowest BCUT2D eigenvalue weighted by Crippen LogP contribution is -2.48. The highest BCUT2D eigenvalue weighted by Gasteiger charge is 2.32. The van der Waals surface area contributed by atoms with Crippen molar-refractivity contribution in [1.82, 2.24) is 0 Å². The van der Waals surface area contributed by atoms with E-state index in [1.54, 1.807) is 12.1 Å². The second-order valence-electron chi connectivity index (χ2n) is 5.71. The summed E-state index contributed by atoms with van der Waals surface area (Å²) in [7, 11) is 0. The van der Waals surface area contributed by atoms with E-state index in [4.69, 9.17) is 5.73 Å². The van der Waals surface area contributed by atoms with E-state index in [1.807, 2.05) is 33.6 Å². The Labute approximate surface area is 148 Å². The van der Waals surface area contributed by atoms with Crippen LogP contribution in [0.2, 0.25) is 0 Å². The minimum Gasteiger partial charge on any atom is -0.367 e. The Morgan fingerprint density at radius 3 is 2.74 bits per heavy atom. The minimum atomic E-state index is -4.24. The van der Waals surface area contributed by atoms with Crippen molar-refractivity contribution in [3.63, 3.8) is 0 Å². The number of piperidine rings is 1. The lowest BCUT2D eigenvalue weighted by atomic mass is 10.0. The summed E-state index contributed by atoms with van der Waals surface area (Å²) in [4.78, 5) is 1.89. The van der Waals surface area contributed by atoms with Crippen molar-refractivity contribution >= 4 is 49.7 Å². The number of halogens is 5. The number of thiophene rings is 1. The van der Waals surface area contributed by atoms with E-state index < -0.39 is 24.8 Å². The third-order valence-corrected chi connectivity index (χ3v) is 6.43. The van der Waals surface area contributed by atoms with Crippen LogP contribution in [0.1, 0.15) is 12.0 Å². The highest BCUT2D eigenvalue weighted by atomic mass is 127. The smallest absolute Gasteiger partial charge is 0.367 e. The first kappa shape index (κ1) is 17.2. The van der Waals surface area contributed by atoms with Gasteiger partial charge < -0.3 is 10.6 Å². The molecule has 126 valence electrons. The molecule has 2 N–H and O–H groups in total. The van der Waals surface area contributed by atoms with Crippen LogP contribution in [0, 0.1) is 2.88 Å². The maximum atomic E-state index is 13.9. The van der Waals surface area contributed by atoms with Gasteiger partial charge in [0.2, 0.25) is 0 Å². The normalized spacial score (nSPS) is 22.8. The molecule has 0 radical (unpaired) electrons. The average molecular weight is 458 g/mol. The summed E-state index contributed by atoms with van der Waals surface area (Å²) in [6, 6.07) is 4.83. The Balaban J connectivity index is 2.01. The molecule has 23 heavy (non-hydrogen) atoms. The number of alkyl halides is 4. The van der Waals surface area contributed by atoms with Crippen molar-refractivity contribution in [2.75, 3.05) is 18.0 Å². The second kappa shape index (κ2) is 6.36. The van der Waals surface area contributed by atoms with Crippen LogP contribution in [0.25, 0.3) is 10.1 Å². The molecule has 1 aliphatic heterocycles. The van der Waals surface area contributed by atoms with Gasteiger partial charge in [0.1, 0.15) is 6.17 Å². The first-order chi connectivity index (χ1) is 10.8. The molecule has 2 atom stereocenters. The lowest BCUT2D eigenvalue weighted by molar-refractivity contribution is -0.127. The van der Waals surface area contributed by atoms with Crippen LogP contribution in [-0.4, -0.2) is 31.5 Å². The Bertz CT molecular complexity index is 715. The van der Waals surface area contributed by atoms with E-state index in [2.05, 4.69) is 0 Å². The van der Waals surface area contributed by atoms with Gasteiger partial charge in [0.05, 0.1) is 26.2 Å². The van der Waals surface area contributed by atoms with Crippen LogP contribution in [0.4, 0.5) is 23.2 Å². The highest BCUT2D eigenvalue weighted by molar-refractivity contribution is 14.1. The van der Waals surface area contributed by atoms with E-state index in [1.165, 1.54) is 11.3 Å². The van der Waals surface area contributed by atoms with E-state index in [-0.39, 0.29) is 6.54 Å². The van der Waals surface area contributed by atoms with Gasteiger partial charge in [-0.05, 0) is 46.0 Å². The molecule has 1 aliphatic rings. The fraction of sp³-hybridized carbons (Fsp3) is 0.467. The summed E-state index contributed by atoms with van der Waals surface area (Å²) in [5, 5.41) is 0.611. The molecule has 1 saturated heterocycles. The summed E-state index contributed by atoms with van der Waals surface area (Å²) in [6.07, 6.45) is -5.76. The van der Waals surface area contributed by atoms with Crippen molar-refractivity contribution in [3.8, 4) is 0 Å². The molecule has 8 heteroatoms. The maximum Gasteiger partial charge on any atom is 0.393 e. The Morgan fingerprint density at radius 2 is 2.09 bits per heavy atom. The van der Waals surface area contributed by atoms with Crippen LogP contribution >= 0.6 is 33.9 Å². The zero-order valence-corrected chi connectivity index (χ0v) is 15.0. The molecule has 0 spiro atoms. The van der Waals surface area contributed by atoms with Gasteiger partial charge in [-0.25, -0.2) is 4.39 Å². The number of benzene rings is 1. The van der Waals surface area contributed by atoms with Gasteiger partial charge in [-0.15, -0.1) is 11.3 Å². The third-order valence-electron chi connectivity index (χ3n) is 4.06. The molecule has 0 saturated carbocycles. The number of nitrogens with zero attached hydrogens (tertiary/aromatic N) is 1. The minimum absolute atomic E-state index is 0.184. The van der Waals surface area contributed by atoms with Crippen molar-refractivity contribution in [3.05, 3.63) is 26.6 Å². The van der Waals surface area contributed by atoms with Gasteiger partial charge in [0.15, 0.2) is 0 Å². The molecule has 2 unspecified atom stereocenters. The van der Waals surface area contributed by atoms with E-state index in [0.717, 1.165) is 10.4 Å². The van der Waals surface area contributed by atoms with Gasteiger partial charge in [0, 0.05) is 12.6 Å².